The van der Waals surface area contributed by atoms with Crippen molar-refractivity contribution in [3.8, 4) is 0 Å². The van der Waals surface area contributed by atoms with E-state index in [1.807, 2.05) is 30.5 Å². The smallest absolute Gasteiger partial charge is 0.358 e. The molecule has 0 radical (unpaired) electrons. The Morgan fingerprint density at radius 2 is 1.87 bits per heavy atom. The molecule has 0 bridgehead atoms. The van der Waals surface area contributed by atoms with Gasteiger partial charge in [-0.05, 0) is 72.4 Å². The number of esters is 1. The van der Waals surface area contributed by atoms with E-state index in [1.54, 1.807) is 31.2 Å². The third kappa shape index (κ3) is 5.13. The molecule has 8 heteroatoms. The van der Waals surface area contributed by atoms with E-state index in [9.17, 15) is 9.18 Å². The Morgan fingerprint density at radius 1 is 1.19 bits per heavy atom. The summed E-state index contributed by atoms with van der Waals surface area (Å²) in [5.41, 5.74) is 2.14. The quantitative estimate of drug-likeness (QED) is 0.304. The first kappa shape index (κ1) is 23.8. The molecule has 0 N–H and O–H groups in total. The van der Waals surface area contributed by atoms with Crippen molar-refractivity contribution < 1.29 is 13.9 Å². The average Bonchev–Trinajstić information content (AvgIpc) is 3.07. The number of rotatable bonds is 7. The third-order valence-electron chi connectivity index (χ3n) is 4.95. The second-order valence-electron chi connectivity index (χ2n) is 7.32. The SMILES string of the molecule is CCOC(=O)c1nc(Br)n(C(C)C)c1C(Cc1cccc(Cl)c1F)c1ccc(Cl)cc1. The lowest BCUT2D eigenvalue weighted by Crippen LogP contribution is -2.18. The molecule has 1 unspecified atom stereocenters. The van der Waals surface area contributed by atoms with E-state index in [4.69, 9.17) is 27.9 Å². The number of benzene rings is 2. The number of halogens is 4. The van der Waals surface area contributed by atoms with Crippen LogP contribution in [0, 0.1) is 5.82 Å². The lowest BCUT2D eigenvalue weighted by molar-refractivity contribution is 0.0518. The van der Waals surface area contributed by atoms with Gasteiger partial charge in [-0.25, -0.2) is 14.2 Å². The van der Waals surface area contributed by atoms with Crippen LogP contribution >= 0.6 is 39.1 Å². The molecule has 1 atom stereocenters. The van der Waals surface area contributed by atoms with Crippen molar-refractivity contribution in [3.05, 3.63) is 85.6 Å². The monoisotopic (exact) mass is 526 g/mol. The molecule has 0 amide bonds. The largest absolute Gasteiger partial charge is 0.461 e. The predicted molar refractivity (Wildman–Crippen MR) is 125 cm³/mol. The van der Waals surface area contributed by atoms with Crippen LogP contribution in [0.15, 0.2) is 47.2 Å². The molecule has 0 spiro atoms. The van der Waals surface area contributed by atoms with Crippen LogP contribution in [0.3, 0.4) is 0 Å². The summed E-state index contributed by atoms with van der Waals surface area (Å²) in [5.74, 6) is -1.40. The van der Waals surface area contributed by atoms with E-state index in [0.717, 1.165) is 5.56 Å². The summed E-state index contributed by atoms with van der Waals surface area (Å²) in [6.07, 6.45) is 0.269. The summed E-state index contributed by atoms with van der Waals surface area (Å²) in [5, 5.41) is 0.636. The molecular weight excluding hydrogens is 506 g/mol. The Bertz CT molecular complexity index is 1080. The van der Waals surface area contributed by atoms with E-state index < -0.39 is 17.7 Å². The van der Waals surface area contributed by atoms with Crippen molar-refractivity contribution in [1.82, 2.24) is 9.55 Å². The molecule has 0 aliphatic carbocycles. The molecule has 0 saturated carbocycles. The summed E-state index contributed by atoms with van der Waals surface area (Å²) in [4.78, 5) is 17.2. The molecule has 1 heterocycles. The maximum atomic E-state index is 14.8. The number of carbonyl (C=O) groups excluding carboxylic acids is 1. The minimum atomic E-state index is -0.525. The Hall–Kier alpha value is -1.89. The van der Waals surface area contributed by atoms with Crippen molar-refractivity contribution in [3.63, 3.8) is 0 Å². The maximum absolute atomic E-state index is 14.8. The van der Waals surface area contributed by atoms with E-state index in [0.29, 0.717) is 21.0 Å². The van der Waals surface area contributed by atoms with Gasteiger partial charge in [-0.3, -0.25) is 0 Å². The fraction of sp³-hybridized carbons (Fsp3) is 0.304. The third-order valence-corrected chi connectivity index (χ3v) is 6.05. The lowest BCUT2D eigenvalue weighted by atomic mass is 9.87. The zero-order chi connectivity index (χ0) is 22.7. The van der Waals surface area contributed by atoms with Gasteiger partial charge in [0.1, 0.15) is 5.82 Å². The van der Waals surface area contributed by atoms with Crippen molar-refractivity contribution in [1.29, 1.82) is 0 Å². The molecule has 0 aliphatic heterocycles. The summed E-state index contributed by atoms with van der Waals surface area (Å²) in [7, 11) is 0. The van der Waals surface area contributed by atoms with Gasteiger partial charge in [0.25, 0.3) is 0 Å². The molecule has 0 aliphatic rings. The Kier molecular flexibility index (Phi) is 7.78. The van der Waals surface area contributed by atoms with Crippen LogP contribution in [0.4, 0.5) is 4.39 Å². The number of aromatic nitrogens is 2. The standard InChI is InChI=1S/C23H22BrCl2FN2O2/c1-4-31-22(30)20-21(29(13(2)3)23(24)28-20)17(14-8-10-16(25)11-9-14)12-15-6-5-7-18(26)19(15)27/h5-11,13,17H,4,12H2,1-3H3. The second-order valence-corrected chi connectivity index (χ2v) is 8.87. The molecule has 164 valence electrons. The summed E-state index contributed by atoms with van der Waals surface area (Å²) < 4.78 is 22.5. The number of nitrogens with zero attached hydrogens (tertiary/aromatic N) is 2. The number of carbonyl (C=O) groups is 1. The minimum Gasteiger partial charge on any atom is -0.461 e. The van der Waals surface area contributed by atoms with Gasteiger partial charge in [0.15, 0.2) is 10.4 Å². The van der Waals surface area contributed by atoms with Crippen LogP contribution in [0.2, 0.25) is 10.0 Å². The molecule has 3 rings (SSSR count). The molecule has 0 fully saturated rings. The number of hydrogen-bond acceptors (Lipinski definition) is 3. The molecular formula is C23H22BrCl2FN2O2. The number of ether oxygens (including phenoxy) is 1. The highest BCUT2D eigenvalue weighted by atomic mass is 79.9. The molecule has 3 aromatic rings. The predicted octanol–water partition coefficient (Wildman–Crippen LogP) is 7.22. The van der Waals surface area contributed by atoms with Gasteiger partial charge in [-0.15, -0.1) is 0 Å². The topological polar surface area (TPSA) is 44.1 Å². The highest BCUT2D eigenvalue weighted by Crippen LogP contribution is 2.37. The highest BCUT2D eigenvalue weighted by Gasteiger charge is 2.31. The van der Waals surface area contributed by atoms with Gasteiger partial charge < -0.3 is 9.30 Å². The van der Waals surface area contributed by atoms with Gasteiger partial charge >= 0.3 is 5.97 Å². The minimum absolute atomic E-state index is 0.0148. The van der Waals surface area contributed by atoms with Crippen molar-refractivity contribution in [2.24, 2.45) is 0 Å². The first-order valence-electron chi connectivity index (χ1n) is 9.87. The van der Waals surface area contributed by atoms with Crippen molar-refractivity contribution in [2.45, 2.75) is 39.2 Å². The van der Waals surface area contributed by atoms with Crippen LogP contribution in [0.5, 0.6) is 0 Å². The first-order valence-corrected chi connectivity index (χ1v) is 11.4. The van der Waals surface area contributed by atoms with Crippen molar-refractivity contribution >= 4 is 45.1 Å². The lowest BCUT2D eigenvalue weighted by Gasteiger charge is -2.23. The molecule has 4 nitrogen and oxygen atoms in total. The normalized spacial score (nSPS) is 12.3. The summed E-state index contributed by atoms with van der Waals surface area (Å²) in [6, 6.07) is 12.2. The van der Waals surface area contributed by atoms with Gasteiger partial charge in [-0.2, -0.15) is 0 Å². The first-order chi connectivity index (χ1) is 14.7. The van der Waals surface area contributed by atoms with Crippen LogP contribution in [0.1, 0.15) is 60.0 Å². The summed E-state index contributed by atoms with van der Waals surface area (Å²) in [6.45, 7) is 5.94. The van der Waals surface area contributed by atoms with Crippen LogP contribution in [0.25, 0.3) is 0 Å². The fourth-order valence-corrected chi connectivity index (χ4v) is 4.68. The van der Waals surface area contributed by atoms with E-state index >= 15 is 0 Å². The Balaban J connectivity index is 2.25. The average molecular weight is 528 g/mol. The molecule has 2 aromatic carbocycles. The van der Waals surface area contributed by atoms with Crippen LogP contribution in [-0.4, -0.2) is 22.1 Å². The van der Waals surface area contributed by atoms with Gasteiger partial charge in [0.05, 0.1) is 17.3 Å². The zero-order valence-electron chi connectivity index (χ0n) is 17.3. The molecule has 1 aromatic heterocycles. The zero-order valence-corrected chi connectivity index (χ0v) is 20.4. The maximum Gasteiger partial charge on any atom is 0.358 e. The Morgan fingerprint density at radius 3 is 2.48 bits per heavy atom. The fourth-order valence-electron chi connectivity index (χ4n) is 3.58. The Labute approximate surface area is 199 Å². The van der Waals surface area contributed by atoms with Gasteiger partial charge in [0, 0.05) is 17.0 Å². The van der Waals surface area contributed by atoms with E-state index in [-0.39, 0.29) is 29.8 Å². The molecule has 31 heavy (non-hydrogen) atoms. The van der Waals surface area contributed by atoms with Gasteiger partial charge in [0.2, 0.25) is 0 Å². The van der Waals surface area contributed by atoms with E-state index in [1.165, 1.54) is 6.07 Å². The number of imidazole rings is 1. The molecule has 0 saturated heterocycles. The van der Waals surface area contributed by atoms with Crippen LogP contribution < -0.4 is 0 Å². The summed E-state index contributed by atoms with van der Waals surface area (Å²) >= 11 is 15.6. The van der Waals surface area contributed by atoms with Crippen molar-refractivity contribution in [2.75, 3.05) is 6.61 Å². The van der Waals surface area contributed by atoms with Crippen LogP contribution in [-0.2, 0) is 11.2 Å². The highest BCUT2D eigenvalue weighted by molar-refractivity contribution is 9.10. The second kappa shape index (κ2) is 10.2. The number of hydrogen-bond donors (Lipinski definition) is 0. The van der Waals surface area contributed by atoms with E-state index in [2.05, 4.69) is 20.9 Å². The van der Waals surface area contributed by atoms with Gasteiger partial charge in [-0.1, -0.05) is 47.5 Å².